The molecule has 9 nitrogen and oxygen atoms in total. The SMILES string of the molecule is CCN1CCC(C#N)(NC(=O)[C@H](Cc2c(F)cc(OC)cc2F)NC(=O)c2ccc(-c3cc(C(=O)O)ccc3Cl)cc2)CC1. The monoisotopic (exact) mass is 624 g/mol. The number of halogens is 3. The van der Waals surface area contributed by atoms with Gasteiger partial charge in [-0.3, -0.25) is 9.59 Å². The molecule has 4 rings (SSSR count). The number of ether oxygens (including phenoxy) is 1. The highest BCUT2D eigenvalue weighted by atomic mass is 35.5. The first kappa shape index (κ1) is 32.4. The minimum absolute atomic E-state index is 0.0357. The summed E-state index contributed by atoms with van der Waals surface area (Å²) in [7, 11) is 1.26. The number of benzene rings is 3. The van der Waals surface area contributed by atoms with Crippen LogP contribution in [0.1, 0.15) is 46.0 Å². The van der Waals surface area contributed by atoms with Crippen molar-refractivity contribution < 1.29 is 33.0 Å². The number of aromatic carboxylic acids is 1. The van der Waals surface area contributed by atoms with Crippen LogP contribution in [0.5, 0.6) is 5.75 Å². The fourth-order valence-electron chi connectivity index (χ4n) is 5.07. The molecule has 12 heteroatoms. The Morgan fingerprint density at radius 3 is 2.23 bits per heavy atom. The number of likely N-dealkylation sites (tertiary alicyclic amines) is 1. The number of methoxy groups -OCH3 is 1. The highest BCUT2D eigenvalue weighted by Gasteiger charge is 2.38. The third-order valence-electron chi connectivity index (χ3n) is 7.79. The lowest BCUT2D eigenvalue weighted by atomic mass is 9.88. The Morgan fingerprint density at radius 1 is 1.07 bits per heavy atom. The van der Waals surface area contributed by atoms with Gasteiger partial charge in [0.25, 0.3) is 5.91 Å². The van der Waals surface area contributed by atoms with Crippen LogP contribution in [-0.2, 0) is 11.2 Å². The number of amides is 2. The first-order valence-corrected chi connectivity index (χ1v) is 14.3. The van der Waals surface area contributed by atoms with Gasteiger partial charge in [0.1, 0.15) is 29.0 Å². The van der Waals surface area contributed by atoms with Crippen LogP contribution in [0.15, 0.2) is 54.6 Å². The normalized spacial score (nSPS) is 15.1. The van der Waals surface area contributed by atoms with Gasteiger partial charge in [-0.05, 0) is 55.3 Å². The lowest BCUT2D eigenvalue weighted by molar-refractivity contribution is -0.124. The number of hydrogen-bond donors (Lipinski definition) is 3. The van der Waals surface area contributed by atoms with Gasteiger partial charge in [0.15, 0.2) is 0 Å². The van der Waals surface area contributed by atoms with E-state index in [9.17, 15) is 33.5 Å². The van der Waals surface area contributed by atoms with E-state index < -0.39 is 53.0 Å². The predicted octanol–water partition coefficient (Wildman–Crippen LogP) is 4.83. The summed E-state index contributed by atoms with van der Waals surface area (Å²) in [6, 6.07) is 13.0. The van der Waals surface area contributed by atoms with Gasteiger partial charge < -0.3 is 25.4 Å². The smallest absolute Gasteiger partial charge is 0.335 e. The summed E-state index contributed by atoms with van der Waals surface area (Å²) >= 11 is 6.27. The molecule has 0 bridgehead atoms. The standard InChI is InChI=1S/C32H31ClF2N4O5/c1-3-39-12-10-32(18-36,11-13-39)38-30(41)28(17-24-26(34)15-22(44-2)16-27(24)35)37-29(40)20-6-4-19(5-7-20)23-14-21(31(42)43)8-9-25(23)33/h4-9,14-16,28H,3,10-13,17H2,1-2H3,(H,37,40)(H,38,41)(H,42,43)/t28-/m0/s1. The molecule has 3 aromatic carbocycles. The number of nitrogens with one attached hydrogen (secondary N) is 2. The van der Waals surface area contributed by atoms with Crippen LogP contribution < -0.4 is 15.4 Å². The fourth-order valence-corrected chi connectivity index (χ4v) is 5.29. The average Bonchev–Trinajstić information content (AvgIpc) is 3.02. The third kappa shape index (κ3) is 7.33. The van der Waals surface area contributed by atoms with E-state index in [2.05, 4.69) is 21.6 Å². The van der Waals surface area contributed by atoms with Crippen molar-refractivity contribution in [3.63, 3.8) is 0 Å². The lowest BCUT2D eigenvalue weighted by Gasteiger charge is -2.38. The molecular formula is C32H31ClF2N4O5. The molecule has 230 valence electrons. The molecule has 0 radical (unpaired) electrons. The summed E-state index contributed by atoms with van der Waals surface area (Å²) in [5.41, 5.74) is -0.486. The molecule has 0 aromatic heterocycles. The maximum Gasteiger partial charge on any atom is 0.335 e. The van der Waals surface area contributed by atoms with Crippen LogP contribution in [0.2, 0.25) is 5.02 Å². The van der Waals surface area contributed by atoms with E-state index in [0.29, 0.717) is 42.1 Å². The molecule has 3 N–H and O–H groups in total. The second-order valence-electron chi connectivity index (χ2n) is 10.5. The molecule has 1 saturated heterocycles. The van der Waals surface area contributed by atoms with Crippen molar-refractivity contribution in [1.29, 1.82) is 5.26 Å². The first-order valence-electron chi connectivity index (χ1n) is 13.9. The zero-order chi connectivity index (χ0) is 32.0. The number of carboxylic acids is 1. The lowest BCUT2D eigenvalue weighted by Crippen LogP contribution is -2.59. The number of piperidine rings is 1. The van der Waals surface area contributed by atoms with Crippen molar-refractivity contribution in [3.8, 4) is 22.9 Å². The summed E-state index contributed by atoms with van der Waals surface area (Å²) < 4.78 is 34.7. The fraction of sp³-hybridized carbons (Fsp3) is 0.312. The Morgan fingerprint density at radius 2 is 1.68 bits per heavy atom. The highest BCUT2D eigenvalue weighted by Crippen LogP contribution is 2.30. The molecule has 3 aromatic rings. The summed E-state index contributed by atoms with van der Waals surface area (Å²) in [5.74, 6) is -4.54. The topological polar surface area (TPSA) is 132 Å². The zero-order valence-electron chi connectivity index (χ0n) is 24.1. The zero-order valence-corrected chi connectivity index (χ0v) is 24.9. The molecule has 0 spiro atoms. The largest absolute Gasteiger partial charge is 0.497 e. The number of hydrogen-bond acceptors (Lipinski definition) is 6. The number of rotatable bonds is 10. The summed E-state index contributed by atoms with van der Waals surface area (Å²) in [6.07, 6.45) is 0.168. The first-order chi connectivity index (χ1) is 21.0. The third-order valence-corrected chi connectivity index (χ3v) is 8.11. The van der Waals surface area contributed by atoms with E-state index in [-0.39, 0.29) is 16.9 Å². The maximum atomic E-state index is 14.9. The number of carbonyl (C=O) groups excluding carboxylic acids is 2. The van der Waals surface area contributed by atoms with Crippen LogP contribution in [0, 0.1) is 23.0 Å². The van der Waals surface area contributed by atoms with Gasteiger partial charge in [-0.15, -0.1) is 0 Å². The van der Waals surface area contributed by atoms with E-state index in [4.69, 9.17) is 16.3 Å². The number of nitrogens with zero attached hydrogens (tertiary/aromatic N) is 2. The van der Waals surface area contributed by atoms with Crippen LogP contribution in [0.4, 0.5) is 8.78 Å². The molecule has 1 heterocycles. The Hall–Kier alpha value is -4.53. The Balaban J connectivity index is 1.60. The Kier molecular flexibility index (Phi) is 10.2. The van der Waals surface area contributed by atoms with Crippen molar-refractivity contribution in [1.82, 2.24) is 15.5 Å². The second kappa shape index (κ2) is 13.8. The molecule has 1 atom stereocenters. The summed E-state index contributed by atoms with van der Waals surface area (Å²) in [6.45, 7) is 3.94. The van der Waals surface area contributed by atoms with E-state index in [1.165, 1.54) is 37.4 Å². The van der Waals surface area contributed by atoms with Gasteiger partial charge in [0, 0.05) is 53.4 Å². The van der Waals surface area contributed by atoms with Crippen molar-refractivity contribution >= 4 is 29.4 Å². The van der Waals surface area contributed by atoms with E-state index in [1.54, 1.807) is 12.1 Å². The molecule has 0 saturated carbocycles. The van der Waals surface area contributed by atoms with Crippen LogP contribution in [0.3, 0.4) is 0 Å². The average molecular weight is 625 g/mol. The number of nitriles is 1. The molecule has 1 aliphatic rings. The molecule has 44 heavy (non-hydrogen) atoms. The van der Waals surface area contributed by atoms with E-state index in [0.717, 1.165) is 18.7 Å². The van der Waals surface area contributed by atoms with E-state index in [1.807, 2.05) is 6.92 Å². The minimum Gasteiger partial charge on any atom is -0.497 e. The molecule has 0 aliphatic carbocycles. The number of carboxylic acid groups (broad SMARTS) is 1. The maximum absolute atomic E-state index is 14.9. The molecule has 1 aliphatic heterocycles. The molecule has 1 fully saturated rings. The minimum atomic E-state index is -1.43. The number of carbonyl (C=O) groups is 3. The van der Waals surface area contributed by atoms with E-state index >= 15 is 0 Å². The van der Waals surface area contributed by atoms with Gasteiger partial charge in [-0.25, -0.2) is 13.6 Å². The van der Waals surface area contributed by atoms with Crippen LogP contribution >= 0.6 is 11.6 Å². The Bertz CT molecular complexity index is 1580. The predicted molar refractivity (Wildman–Crippen MR) is 160 cm³/mol. The van der Waals surface area contributed by atoms with Crippen LogP contribution in [-0.4, -0.2) is 66.1 Å². The molecular weight excluding hydrogens is 594 g/mol. The van der Waals surface area contributed by atoms with Crippen molar-refractivity contribution in [2.24, 2.45) is 0 Å². The quantitative estimate of drug-likeness (QED) is 0.294. The van der Waals surface area contributed by atoms with Crippen molar-refractivity contribution in [2.75, 3.05) is 26.7 Å². The van der Waals surface area contributed by atoms with Crippen molar-refractivity contribution in [2.45, 2.75) is 37.8 Å². The van der Waals surface area contributed by atoms with Crippen molar-refractivity contribution in [3.05, 3.63) is 87.9 Å². The van der Waals surface area contributed by atoms with Gasteiger partial charge in [0.05, 0.1) is 18.7 Å². The van der Waals surface area contributed by atoms with Gasteiger partial charge >= 0.3 is 5.97 Å². The summed E-state index contributed by atoms with van der Waals surface area (Å²) in [4.78, 5) is 40.4. The highest BCUT2D eigenvalue weighted by molar-refractivity contribution is 6.33. The van der Waals surface area contributed by atoms with Gasteiger partial charge in [-0.2, -0.15) is 5.26 Å². The van der Waals surface area contributed by atoms with Crippen LogP contribution in [0.25, 0.3) is 11.1 Å². The van der Waals surface area contributed by atoms with Gasteiger partial charge in [-0.1, -0.05) is 30.7 Å². The molecule has 0 unspecified atom stereocenters. The Labute approximate surface area is 258 Å². The van der Waals surface area contributed by atoms with Gasteiger partial charge in [0.2, 0.25) is 5.91 Å². The molecule has 2 amide bonds. The second-order valence-corrected chi connectivity index (χ2v) is 10.9. The summed E-state index contributed by atoms with van der Waals surface area (Å²) in [5, 5.41) is 24.9.